The van der Waals surface area contributed by atoms with Crippen LogP contribution in [0, 0.1) is 17.5 Å². The highest BCUT2D eigenvalue weighted by molar-refractivity contribution is 5.74. The van der Waals surface area contributed by atoms with E-state index >= 15 is 0 Å². The van der Waals surface area contributed by atoms with Gasteiger partial charge in [-0.3, -0.25) is 0 Å². The number of amides is 2. The van der Waals surface area contributed by atoms with Gasteiger partial charge in [0.1, 0.15) is 5.82 Å². The summed E-state index contributed by atoms with van der Waals surface area (Å²) < 4.78 is 39.9. The first kappa shape index (κ1) is 18.9. The largest absolute Gasteiger partial charge is 0.353 e. The fourth-order valence-corrected chi connectivity index (χ4v) is 3.10. The minimum Gasteiger partial charge on any atom is -0.353 e. The summed E-state index contributed by atoms with van der Waals surface area (Å²) in [7, 11) is 1.65. The minimum atomic E-state index is -1.26. The third-order valence-electron chi connectivity index (χ3n) is 4.67. The summed E-state index contributed by atoms with van der Waals surface area (Å²) in [6.45, 7) is 1.19. The number of rotatable bonds is 4. The Hall–Kier alpha value is -2.84. The van der Waals surface area contributed by atoms with Gasteiger partial charge < -0.3 is 15.1 Å². The highest BCUT2D eigenvalue weighted by Crippen LogP contribution is 2.20. The monoisotopic (exact) mass is 381 g/mol. The lowest BCUT2D eigenvalue weighted by atomic mass is 10.0. The molecule has 2 aromatic rings. The second-order valence-electron chi connectivity index (χ2n) is 6.45. The van der Waals surface area contributed by atoms with E-state index in [0.29, 0.717) is 12.6 Å². The number of nitrogens with zero attached hydrogens (tertiary/aromatic N) is 4. The minimum absolute atomic E-state index is 0. The molecule has 1 atom stereocenters. The average Bonchev–Trinajstić information content (AvgIpc) is 2.69. The highest BCUT2D eigenvalue weighted by atomic mass is 19.2. The van der Waals surface area contributed by atoms with E-state index in [2.05, 4.69) is 20.4 Å². The van der Waals surface area contributed by atoms with Crippen molar-refractivity contribution < 1.29 is 19.4 Å². The first-order chi connectivity index (χ1) is 13.0. The van der Waals surface area contributed by atoms with E-state index in [9.17, 15) is 18.0 Å². The lowest BCUT2D eigenvalue weighted by Gasteiger charge is -2.37. The smallest absolute Gasteiger partial charge is 0.317 e. The molecule has 0 radical (unpaired) electrons. The molecule has 1 aliphatic rings. The molecule has 9 heteroatoms. The third-order valence-corrected chi connectivity index (χ3v) is 4.67. The van der Waals surface area contributed by atoms with E-state index in [1.54, 1.807) is 24.2 Å². The maximum atomic E-state index is 13.7. The Kier molecular flexibility index (Phi) is 5.78. The number of piperidine rings is 1. The van der Waals surface area contributed by atoms with Crippen molar-refractivity contribution in [3.05, 3.63) is 53.5 Å². The summed E-state index contributed by atoms with van der Waals surface area (Å²) in [6, 6.07) is 4.42. The molecule has 1 N–H and O–H groups in total. The van der Waals surface area contributed by atoms with Gasteiger partial charge >= 0.3 is 6.03 Å². The number of anilines is 1. The van der Waals surface area contributed by atoms with Crippen LogP contribution in [0.15, 0.2) is 30.5 Å². The predicted molar refractivity (Wildman–Crippen MR) is 95.7 cm³/mol. The lowest BCUT2D eigenvalue weighted by molar-refractivity contribution is 0.182. The van der Waals surface area contributed by atoms with Crippen molar-refractivity contribution in [3.8, 4) is 0 Å². The highest BCUT2D eigenvalue weighted by Gasteiger charge is 2.27. The standard InChI is InChI=1S/C18H20F3N5O.H2/c1-25(13-4-3-7-26(11-13)17-5-2-6-23-24-17)18(27)22-10-12-8-15(20)16(21)9-14(12)19;/h2,5-6,8-9,13H,3-4,7,10-11H2,1H3,(H,22,27);1H/t13-;/m1./s1. The van der Waals surface area contributed by atoms with Crippen LogP contribution in [0.5, 0.6) is 0 Å². The van der Waals surface area contributed by atoms with E-state index in [0.717, 1.165) is 31.3 Å². The van der Waals surface area contributed by atoms with E-state index in [1.807, 2.05) is 6.07 Å². The normalized spacial score (nSPS) is 16.9. The maximum Gasteiger partial charge on any atom is 0.317 e. The molecule has 1 aromatic carbocycles. The van der Waals surface area contributed by atoms with Gasteiger partial charge in [0.25, 0.3) is 0 Å². The number of carbonyl (C=O) groups excluding carboxylic acids is 1. The van der Waals surface area contributed by atoms with Gasteiger partial charge in [-0.05, 0) is 31.0 Å². The first-order valence-corrected chi connectivity index (χ1v) is 8.62. The fourth-order valence-electron chi connectivity index (χ4n) is 3.10. The summed E-state index contributed by atoms with van der Waals surface area (Å²) in [6.07, 6.45) is 3.30. The van der Waals surface area contributed by atoms with Crippen LogP contribution in [0.3, 0.4) is 0 Å². The Morgan fingerprint density at radius 3 is 2.85 bits per heavy atom. The summed E-state index contributed by atoms with van der Waals surface area (Å²) in [5.41, 5.74) is -0.111. The van der Waals surface area contributed by atoms with Crippen LogP contribution in [-0.2, 0) is 6.54 Å². The molecular weight excluding hydrogens is 359 g/mol. The summed E-state index contributed by atoms with van der Waals surface area (Å²) in [5, 5.41) is 10.5. The molecule has 146 valence electrons. The number of hydrogen-bond acceptors (Lipinski definition) is 4. The Balaban J connectivity index is 0.00000280. The number of aromatic nitrogens is 2. The Morgan fingerprint density at radius 2 is 2.11 bits per heavy atom. The van der Waals surface area contributed by atoms with E-state index in [1.165, 1.54) is 0 Å². The Morgan fingerprint density at radius 1 is 1.33 bits per heavy atom. The second kappa shape index (κ2) is 8.24. The number of likely N-dealkylation sites (N-methyl/N-ethyl adjacent to an activating group) is 1. The Labute approximate surface area is 156 Å². The van der Waals surface area contributed by atoms with Crippen molar-refractivity contribution in [1.82, 2.24) is 20.4 Å². The van der Waals surface area contributed by atoms with Crippen LogP contribution in [0.25, 0.3) is 0 Å². The molecule has 0 aliphatic carbocycles. The van der Waals surface area contributed by atoms with Crippen molar-refractivity contribution in [2.75, 3.05) is 25.0 Å². The number of nitrogens with one attached hydrogen (secondary N) is 1. The molecule has 3 rings (SSSR count). The topological polar surface area (TPSA) is 61.4 Å². The number of hydrogen-bond donors (Lipinski definition) is 1. The quantitative estimate of drug-likeness (QED) is 0.828. The summed E-state index contributed by atoms with van der Waals surface area (Å²) in [4.78, 5) is 16.0. The van der Waals surface area contributed by atoms with E-state index in [-0.39, 0.29) is 19.6 Å². The van der Waals surface area contributed by atoms with Crippen molar-refractivity contribution >= 4 is 11.8 Å². The number of halogens is 3. The summed E-state index contributed by atoms with van der Waals surface area (Å²) in [5.74, 6) is -2.56. The van der Waals surface area contributed by atoms with Crippen molar-refractivity contribution in [2.45, 2.75) is 25.4 Å². The molecule has 2 heterocycles. The van der Waals surface area contributed by atoms with Crippen molar-refractivity contribution in [3.63, 3.8) is 0 Å². The van der Waals surface area contributed by atoms with Crippen molar-refractivity contribution in [2.24, 2.45) is 0 Å². The zero-order valence-electron chi connectivity index (χ0n) is 14.8. The van der Waals surface area contributed by atoms with Gasteiger partial charge in [-0.25, -0.2) is 18.0 Å². The lowest BCUT2D eigenvalue weighted by Crippen LogP contribution is -2.51. The van der Waals surface area contributed by atoms with Gasteiger partial charge in [-0.1, -0.05) is 0 Å². The average molecular weight is 381 g/mol. The third kappa shape index (κ3) is 4.47. The molecule has 6 nitrogen and oxygen atoms in total. The van der Waals surface area contributed by atoms with Gasteiger partial charge in [0.2, 0.25) is 0 Å². The molecule has 1 aliphatic heterocycles. The van der Waals surface area contributed by atoms with Gasteiger partial charge in [-0.2, -0.15) is 5.10 Å². The zero-order valence-corrected chi connectivity index (χ0v) is 14.8. The van der Waals surface area contributed by atoms with Crippen LogP contribution < -0.4 is 10.2 Å². The van der Waals surface area contributed by atoms with Gasteiger partial charge in [0, 0.05) is 45.9 Å². The predicted octanol–water partition coefficient (Wildman–Crippen LogP) is 2.95. The van der Waals surface area contributed by atoms with E-state index in [4.69, 9.17) is 0 Å². The molecule has 2 amide bonds. The first-order valence-electron chi connectivity index (χ1n) is 8.62. The maximum absolute atomic E-state index is 13.7. The fraction of sp³-hybridized carbons (Fsp3) is 0.389. The van der Waals surface area contributed by atoms with Crippen LogP contribution in [0.1, 0.15) is 19.8 Å². The zero-order chi connectivity index (χ0) is 19.4. The molecule has 0 spiro atoms. The van der Waals surface area contributed by atoms with Gasteiger partial charge in [-0.15, -0.1) is 5.10 Å². The summed E-state index contributed by atoms with van der Waals surface area (Å²) >= 11 is 0. The molecule has 27 heavy (non-hydrogen) atoms. The SMILES string of the molecule is CN(C(=O)NCc1cc(F)c(F)cc1F)[C@@H]1CCCN(c2cccnn2)C1.[HH]. The number of urea groups is 1. The molecule has 0 bridgehead atoms. The second-order valence-corrected chi connectivity index (χ2v) is 6.45. The molecule has 1 saturated heterocycles. The number of carbonyl (C=O) groups is 1. The molecule has 0 unspecified atom stereocenters. The van der Waals surface area contributed by atoms with Crippen molar-refractivity contribution in [1.29, 1.82) is 0 Å². The van der Waals surface area contributed by atoms with Gasteiger partial charge in [0.05, 0.1) is 6.04 Å². The number of benzene rings is 1. The van der Waals surface area contributed by atoms with E-state index < -0.39 is 23.5 Å². The van der Waals surface area contributed by atoms with Crippen LogP contribution in [-0.4, -0.2) is 47.3 Å². The molecule has 1 aromatic heterocycles. The van der Waals surface area contributed by atoms with Crippen LogP contribution in [0.2, 0.25) is 0 Å². The Bertz CT molecular complexity index is 811. The molecule has 1 fully saturated rings. The van der Waals surface area contributed by atoms with Crippen LogP contribution >= 0.6 is 0 Å². The molecule has 0 saturated carbocycles. The van der Waals surface area contributed by atoms with Crippen LogP contribution in [0.4, 0.5) is 23.8 Å². The molecular formula is C18H22F3N5O. The van der Waals surface area contributed by atoms with Gasteiger partial charge in [0.15, 0.2) is 17.5 Å².